The van der Waals surface area contributed by atoms with Crippen molar-refractivity contribution < 1.29 is 32.0 Å². The molecule has 2 saturated heterocycles. The molecule has 164 valence electrons. The number of hydrogen-bond donors (Lipinski definition) is 0. The molecule has 0 saturated carbocycles. The fourth-order valence-corrected chi connectivity index (χ4v) is 3.92. The van der Waals surface area contributed by atoms with Crippen LogP contribution >= 0.6 is 0 Å². The molecule has 2 aromatic rings. The van der Waals surface area contributed by atoms with Gasteiger partial charge in [0.1, 0.15) is 0 Å². The average molecular weight is 435 g/mol. The lowest BCUT2D eigenvalue weighted by atomic mass is 10.1. The molecule has 2 fully saturated rings. The van der Waals surface area contributed by atoms with Gasteiger partial charge in [-0.1, -0.05) is 6.07 Å². The summed E-state index contributed by atoms with van der Waals surface area (Å²) in [7, 11) is 0. The van der Waals surface area contributed by atoms with E-state index < -0.39 is 17.7 Å². The average Bonchev–Trinajstić information content (AvgIpc) is 3.42. The van der Waals surface area contributed by atoms with Gasteiger partial charge in [0, 0.05) is 44.8 Å². The van der Waals surface area contributed by atoms with Crippen molar-refractivity contribution in [3.8, 4) is 0 Å². The van der Waals surface area contributed by atoms with Crippen LogP contribution in [0.2, 0.25) is 0 Å². The van der Waals surface area contributed by atoms with E-state index in [9.17, 15) is 27.6 Å². The van der Waals surface area contributed by atoms with E-state index in [1.54, 1.807) is 21.9 Å². The first-order chi connectivity index (χ1) is 14.7. The van der Waals surface area contributed by atoms with Crippen molar-refractivity contribution in [3.63, 3.8) is 0 Å². The number of anilines is 1. The van der Waals surface area contributed by atoms with Gasteiger partial charge in [-0.25, -0.2) is 0 Å². The van der Waals surface area contributed by atoms with Crippen LogP contribution in [0.3, 0.4) is 0 Å². The Kier molecular flexibility index (Phi) is 5.47. The summed E-state index contributed by atoms with van der Waals surface area (Å²) in [6.07, 6.45) is -3.15. The number of nitrogens with zero attached hydrogens (tertiary/aromatic N) is 3. The van der Waals surface area contributed by atoms with Gasteiger partial charge in [-0.2, -0.15) is 13.2 Å². The number of furan rings is 1. The molecule has 0 bridgehead atoms. The standard InChI is InChI=1S/C21H20F3N3O4/c22-21(23,24)15-3-1-4-16(12-15)27-13-14(11-18(27)28)19(29)25-6-8-26(9-7-25)20(30)17-5-2-10-31-17/h1-5,10,12,14H,6-9,11,13H2. The number of benzene rings is 1. The van der Waals surface area contributed by atoms with Crippen molar-refractivity contribution in [1.82, 2.24) is 9.80 Å². The van der Waals surface area contributed by atoms with Crippen molar-refractivity contribution in [1.29, 1.82) is 0 Å². The molecule has 3 amide bonds. The van der Waals surface area contributed by atoms with Crippen LogP contribution in [0.5, 0.6) is 0 Å². The second kappa shape index (κ2) is 8.09. The van der Waals surface area contributed by atoms with Gasteiger partial charge in [0.15, 0.2) is 5.76 Å². The van der Waals surface area contributed by atoms with Crippen LogP contribution in [0, 0.1) is 5.92 Å². The first kappa shape index (κ1) is 21.0. The van der Waals surface area contributed by atoms with E-state index in [2.05, 4.69) is 0 Å². The second-order valence-electron chi connectivity index (χ2n) is 7.55. The second-order valence-corrected chi connectivity index (χ2v) is 7.55. The minimum Gasteiger partial charge on any atom is -0.459 e. The third-order valence-electron chi connectivity index (χ3n) is 5.57. The van der Waals surface area contributed by atoms with Crippen LogP contribution in [-0.4, -0.2) is 60.2 Å². The van der Waals surface area contributed by atoms with E-state index in [4.69, 9.17) is 4.42 Å². The van der Waals surface area contributed by atoms with Gasteiger partial charge in [-0.05, 0) is 30.3 Å². The molecular formula is C21H20F3N3O4. The quantitative estimate of drug-likeness (QED) is 0.743. The summed E-state index contributed by atoms with van der Waals surface area (Å²) in [5.74, 6) is -1.26. The number of halogens is 3. The molecule has 0 aliphatic carbocycles. The molecular weight excluding hydrogens is 415 g/mol. The molecule has 2 aliphatic heterocycles. The largest absolute Gasteiger partial charge is 0.459 e. The highest BCUT2D eigenvalue weighted by atomic mass is 19.4. The molecule has 1 unspecified atom stereocenters. The number of alkyl halides is 3. The van der Waals surface area contributed by atoms with E-state index in [1.165, 1.54) is 23.3 Å². The Hall–Kier alpha value is -3.30. The molecule has 0 radical (unpaired) electrons. The molecule has 3 heterocycles. The first-order valence-electron chi connectivity index (χ1n) is 9.83. The van der Waals surface area contributed by atoms with E-state index in [-0.39, 0.29) is 42.1 Å². The molecule has 4 rings (SSSR count). The van der Waals surface area contributed by atoms with Gasteiger partial charge in [0.25, 0.3) is 5.91 Å². The van der Waals surface area contributed by atoms with E-state index in [0.717, 1.165) is 12.1 Å². The third kappa shape index (κ3) is 4.28. The molecule has 1 atom stereocenters. The van der Waals surface area contributed by atoms with Crippen LogP contribution in [0.1, 0.15) is 22.5 Å². The van der Waals surface area contributed by atoms with Crippen molar-refractivity contribution >= 4 is 23.4 Å². The zero-order chi connectivity index (χ0) is 22.2. The van der Waals surface area contributed by atoms with Crippen molar-refractivity contribution in [2.24, 2.45) is 5.92 Å². The van der Waals surface area contributed by atoms with E-state index in [1.807, 2.05) is 0 Å². The van der Waals surface area contributed by atoms with Gasteiger partial charge in [0.2, 0.25) is 11.8 Å². The fraction of sp³-hybridized carbons (Fsp3) is 0.381. The predicted molar refractivity (Wildman–Crippen MR) is 103 cm³/mol. The Morgan fingerprint density at radius 2 is 1.71 bits per heavy atom. The number of amides is 3. The first-order valence-corrected chi connectivity index (χ1v) is 9.83. The predicted octanol–water partition coefficient (Wildman–Crippen LogP) is 2.64. The molecule has 0 N–H and O–H groups in total. The normalized spacial score (nSPS) is 19.8. The fourth-order valence-electron chi connectivity index (χ4n) is 3.92. The SMILES string of the molecule is O=C(c1ccco1)N1CCN(C(=O)C2CC(=O)N(c3cccc(C(F)(F)F)c3)C2)CC1. The Balaban J connectivity index is 1.37. The van der Waals surface area contributed by atoms with Crippen molar-refractivity contribution in [3.05, 3.63) is 54.0 Å². The number of carbonyl (C=O) groups excluding carboxylic acids is 3. The molecule has 2 aliphatic rings. The summed E-state index contributed by atoms with van der Waals surface area (Å²) in [6, 6.07) is 7.74. The zero-order valence-electron chi connectivity index (χ0n) is 16.5. The van der Waals surface area contributed by atoms with Crippen molar-refractivity contribution in [2.45, 2.75) is 12.6 Å². The molecule has 0 spiro atoms. The molecule has 1 aromatic carbocycles. The highest BCUT2D eigenvalue weighted by molar-refractivity contribution is 6.00. The summed E-state index contributed by atoms with van der Waals surface area (Å²) in [5.41, 5.74) is -0.714. The number of rotatable bonds is 3. The van der Waals surface area contributed by atoms with Crippen LogP contribution in [-0.2, 0) is 15.8 Å². The van der Waals surface area contributed by atoms with Crippen molar-refractivity contribution in [2.75, 3.05) is 37.6 Å². The smallest absolute Gasteiger partial charge is 0.416 e. The van der Waals surface area contributed by atoms with Gasteiger partial charge in [-0.3, -0.25) is 14.4 Å². The maximum atomic E-state index is 13.0. The summed E-state index contributed by atoms with van der Waals surface area (Å²) < 4.78 is 44.1. The Morgan fingerprint density at radius 3 is 2.35 bits per heavy atom. The number of hydrogen-bond acceptors (Lipinski definition) is 4. The van der Waals surface area contributed by atoms with Crippen LogP contribution < -0.4 is 4.90 Å². The molecule has 10 heteroatoms. The zero-order valence-corrected chi connectivity index (χ0v) is 16.5. The topological polar surface area (TPSA) is 74.1 Å². The van der Waals surface area contributed by atoms with E-state index >= 15 is 0 Å². The number of piperazine rings is 1. The van der Waals surface area contributed by atoms with Gasteiger partial charge in [0.05, 0.1) is 17.7 Å². The van der Waals surface area contributed by atoms with Crippen LogP contribution in [0.4, 0.5) is 18.9 Å². The lowest BCUT2D eigenvalue weighted by Gasteiger charge is -2.35. The Labute approximate surface area is 176 Å². The minimum absolute atomic E-state index is 0.0323. The van der Waals surface area contributed by atoms with Gasteiger partial charge < -0.3 is 19.1 Å². The summed E-state index contributed by atoms with van der Waals surface area (Å²) in [5, 5.41) is 0. The maximum absolute atomic E-state index is 13.0. The van der Waals surface area contributed by atoms with E-state index in [0.29, 0.717) is 26.2 Å². The minimum atomic E-state index is -4.51. The van der Waals surface area contributed by atoms with Gasteiger partial charge in [-0.15, -0.1) is 0 Å². The summed E-state index contributed by atoms with van der Waals surface area (Å²) in [4.78, 5) is 42.1. The van der Waals surface area contributed by atoms with Gasteiger partial charge >= 0.3 is 6.18 Å². The highest BCUT2D eigenvalue weighted by Gasteiger charge is 2.39. The Morgan fingerprint density at radius 1 is 1.00 bits per heavy atom. The maximum Gasteiger partial charge on any atom is 0.416 e. The molecule has 31 heavy (non-hydrogen) atoms. The third-order valence-corrected chi connectivity index (χ3v) is 5.57. The summed E-state index contributed by atoms with van der Waals surface area (Å²) in [6.45, 7) is 1.34. The summed E-state index contributed by atoms with van der Waals surface area (Å²) >= 11 is 0. The van der Waals surface area contributed by atoms with Crippen LogP contribution in [0.15, 0.2) is 47.1 Å². The molecule has 7 nitrogen and oxygen atoms in total. The monoisotopic (exact) mass is 435 g/mol. The highest BCUT2D eigenvalue weighted by Crippen LogP contribution is 2.33. The lowest BCUT2D eigenvalue weighted by molar-refractivity contribution is -0.138. The Bertz CT molecular complexity index is 982. The lowest BCUT2D eigenvalue weighted by Crippen LogP contribution is -2.52. The number of carbonyl (C=O) groups is 3. The molecule has 1 aromatic heterocycles. The van der Waals surface area contributed by atoms with Crippen LogP contribution in [0.25, 0.3) is 0 Å².